The van der Waals surface area contributed by atoms with Crippen molar-refractivity contribution in [1.29, 1.82) is 0 Å². The normalized spacial score (nSPS) is 18.8. The van der Waals surface area contributed by atoms with Gasteiger partial charge in [-0.1, -0.05) is 0 Å². The maximum atomic E-state index is 12.5. The van der Waals surface area contributed by atoms with Gasteiger partial charge in [-0.25, -0.2) is 4.79 Å². The molecule has 1 aliphatic heterocycles. The number of aliphatic hydroxyl groups excluding tert-OH is 1. The molecule has 0 aromatic carbocycles. The van der Waals surface area contributed by atoms with Crippen molar-refractivity contribution in [2.45, 2.75) is 46.2 Å². The molecule has 0 aliphatic carbocycles. The molecule has 1 fully saturated rings. The molecule has 0 spiro atoms. The van der Waals surface area contributed by atoms with Crippen LogP contribution in [0.5, 0.6) is 0 Å². The van der Waals surface area contributed by atoms with Crippen LogP contribution in [0.3, 0.4) is 0 Å². The number of thiophene rings is 1. The van der Waals surface area contributed by atoms with Gasteiger partial charge in [0.1, 0.15) is 0 Å². The first-order valence-electron chi connectivity index (χ1n) is 8.92. The summed E-state index contributed by atoms with van der Waals surface area (Å²) in [7, 11) is 0. The highest BCUT2D eigenvalue weighted by Crippen LogP contribution is 2.19. The summed E-state index contributed by atoms with van der Waals surface area (Å²) in [5.41, 5.74) is 0. The van der Waals surface area contributed by atoms with Gasteiger partial charge < -0.3 is 20.2 Å². The molecule has 0 bridgehead atoms. The van der Waals surface area contributed by atoms with Crippen LogP contribution >= 0.6 is 11.3 Å². The van der Waals surface area contributed by atoms with E-state index < -0.39 is 0 Å². The zero-order chi connectivity index (χ0) is 17.5. The Morgan fingerprint density at radius 3 is 2.92 bits per heavy atom. The van der Waals surface area contributed by atoms with Crippen molar-refractivity contribution in [3.05, 3.63) is 21.9 Å². The number of carbonyl (C=O) groups is 1. The Balaban J connectivity index is 1.83. The van der Waals surface area contributed by atoms with Gasteiger partial charge in [0.15, 0.2) is 0 Å². The summed E-state index contributed by atoms with van der Waals surface area (Å²) >= 11 is 1.70. The fourth-order valence-electron chi connectivity index (χ4n) is 3.21. The second-order valence-corrected chi connectivity index (χ2v) is 8.31. The highest BCUT2D eigenvalue weighted by atomic mass is 32.1. The van der Waals surface area contributed by atoms with Gasteiger partial charge >= 0.3 is 6.03 Å². The van der Waals surface area contributed by atoms with E-state index in [2.05, 4.69) is 43.1 Å². The molecule has 2 rings (SSSR count). The quantitative estimate of drug-likeness (QED) is 0.792. The number of urea groups is 1. The molecule has 1 unspecified atom stereocenters. The van der Waals surface area contributed by atoms with Crippen LogP contribution in [-0.4, -0.2) is 59.8 Å². The minimum atomic E-state index is -0.0724. The van der Waals surface area contributed by atoms with Crippen LogP contribution < -0.4 is 5.32 Å². The number of likely N-dealkylation sites (tertiary alicyclic amines) is 1. The molecule has 0 saturated carbocycles. The number of nitrogens with zero attached hydrogens (tertiary/aromatic N) is 2. The SMILES string of the molecule is Cc1ccc(CN(CCO)C(=O)NCC2CCCN(C(C)C)C2)s1. The van der Waals surface area contributed by atoms with E-state index in [-0.39, 0.29) is 12.6 Å². The van der Waals surface area contributed by atoms with Crippen molar-refractivity contribution in [3.8, 4) is 0 Å². The molecule has 0 radical (unpaired) electrons. The third-order valence-electron chi connectivity index (χ3n) is 4.62. The van der Waals surface area contributed by atoms with Gasteiger partial charge in [-0.05, 0) is 58.2 Å². The Hall–Kier alpha value is -1.11. The second-order valence-electron chi connectivity index (χ2n) is 6.94. The first-order valence-corrected chi connectivity index (χ1v) is 9.74. The number of piperidine rings is 1. The monoisotopic (exact) mass is 353 g/mol. The van der Waals surface area contributed by atoms with E-state index in [1.807, 2.05) is 0 Å². The smallest absolute Gasteiger partial charge is 0.317 e. The van der Waals surface area contributed by atoms with Crippen LogP contribution in [-0.2, 0) is 6.54 Å². The lowest BCUT2D eigenvalue weighted by atomic mass is 9.97. The van der Waals surface area contributed by atoms with E-state index in [9.17, 15) is 9.90 Å². The van der Waals surface area contributed by atoms with E-state index in [1.165, 1.54) is 17.7 Å². The highest BCUT2D eigenvalue weighted by molar-refractivity contribution is 7.11. The Morgan fingerprint density at radius 1 is 1.50 bits per heavy atom. The molecular weight excluding hydrogens is 322 g/mol. The lowest BCUT2D eigenvalue weighted by molar-refractivity contribution is 0.135. The van der Waals surface area contributed by atoms with Crippen LogP contribution in [0.2, 0.25) is 0 Å². The summed E-state index contributed by atoms with van der Waals surface area (Å²) in [4.78, 5) is 19.1. The molecule has 1 aromatic rings. The van der Waals surface area contributed by atoms with E-state index in [0.29, 0.717) is 31.6 Å². The van der Waals surface area contributed by atoms with Gasteiger partial charge in [-0.15, -0.1) is 11.3 Å². The van der Waals surface area contributed by atoms with Crippen LogP contribution in [0.25, 0.3) is 0 Å². The van der Waals surface area contributed by atoms with Gasteiger partial charge in [-0.2, -0.15) is 0 Å². The first-order chi connectivity index (χ1) is 11.5. The number of rotatable bonds is 7. The third kappa shape index (κ3) is 5.76. The predicted octanol–water partition coefficient (Wildman–Crippen LogP) is 2.68. The fourth-order valence-corrected chi connectivity index (χ4v) is 4.11. The average Bonchev–Trinajstić information content (AvgIpc) is 2.97. The third-order valence-corrected chi connectivity index (χ3v) is 5.61. The summed E-state index contributed by atoms with van der Waals surface area (Å²) in [5.74, 6) is 0.519. The van der Waals surface area contributed by atoms with E-state index in [0.717, 1.165) is 18.0 Å². The predicted molar refractivity (Wildman–Crippen MR) is 99.4 cm³/mol. The molecule has 24 heavy (non-hydrogen) atoms. The summed E-state index contributed by atoms with van der Waals surface area (Å²) in [6.45, 7) is 10.4. The molecule has 2 amide bonds. The zero-order valence-electron chi connectivity index (χ0n) is 15.1. The minimum absolute atomic E-state index is 0.0116. The summed E-state index contributed by atoms with van der Waals surface area (Å²) in [6.07, 6.45) is 2.38. The molecule has 2 heterocycles. The molecule has 136 valence electrons. The molecule has 1 aliphatic rings. The number of hydrogen-bond acceptors (Lipinski definition) is 4. The molecule has 1 atom stereocenters. The first kappa shape index (κ1) is 19.2. The second kappa shape index (κ2) is 9.39. The van der Waals surface area contributed by atoms with Crippen molar-refractivity contribution in [1.82, 2.24) is 15.1 Å². The number of nitrogens with one attached hydrogen (secondary N) is 1. The van der Waals surface area contributed by atoms with Gasteiger partial charge in [0, 0.05) is 35.4 Å². The Labute approximate surface area is 149 Å². The van der Waals surface area contributed by atoms with Crippen LogP contribution in [0.1, 0.15) is 36.4 Å². The topological polar surface area (TPSA) is 55.8 Å². The summed E-state index contributed by atoms with van der Waals surface area (Å²) in [5, 5.41) is 12.3. The number of carbonyl (C=O) groups excluding carboxylic acids is 1. The number of amides is 2. The molecule has 5 nitrogen and oxygen atoms in total. The van der Waals surface area contributed by atoms with Gasteiger partial charge in [0.05, 0.1) is 13.2 Å². The van der Waals surface area contributed by atoms with Crippen molar-refractivity contribution in [3.63, 3.8) is 0 Å². The number of aryl methyl sites for hydroxylation is 1. The zero-order valence-corrected chi connectivity index (χ0v) is 15.9. The molecule has 6 heteroatoms. The largest absolute Gasteiger partial charge is 0.395 e. The Morgan fingerprint density at radius 2 is 2.29 bits per heavy atom. The van der Waals surface area contributed by atoms with Gasteiger partial charge in [-0.3, -0.25) is 0 Å². The van der Waals surface area contributed by atoms with Crippen LogP contribution in [0, 0.1) is 12.8 Å². The number of hydrogen-bond donors (Lipinski definition) is 2. The van der Waals surface area contributed by atoms with Crippen LogP contribution in [0.15, 0.2) is 12.1 Å². The van der Waals surface area contributed by atoms with Gasteiger partial charge in [0.2, 0.25) is 0 Å². The average molecular weight is 354 g/mol. The number of aliphatic hydroxyl groups is 1. The van der Waals surface area contributed by atoms with Crippen molar-refractivity contribution >= 4 is 17.4 Å². The van der Waals surface area contributed by atoms with E-state index in [1.54, 1.807) is 16.2 Å². The molecule has 1 saturated heterocycles. The standard InChI is InChI=1S/C18H31N3O2S/c1-14(2)20-8-4-5-16(12-20)11-19-18(23)21(9-10-22)13-17-7-6-15(3)24-17/h6-7,14,16,22H,4-5,8-13H2,1-3H3,(H,19,23). The maximum absolute atomic E-state index is 12.5. The fraction of sp³-hybridized carbons (Fsp3) is 0.722. The molecular formula is C18H31N3O2S. The van der Waals surface area contributed by atoms with E-state index >= 15 is 0 Å². The minimum Gasteiger partial charge on any atom is -0.395 e. The molecule has 2 N–H and O–H groups in total. The van der Waals surface area contributed by atoms with Crippen molar-refractivity contribution in [2.75, 3.05) is 32.8 Å². The lowest BCUT2D eigenvalue weighted by Crippen LogP contribution is -2.46. The Bertz CT molecular complexity index is 518. The van der Waals surface area contributed by atoms with Gasteiger partial charge in [0.25, 0.3) is 0 Å². The van der Waals surface area contributed by atoms with E-state index in [4.69, 9.17) is 0 Å². The maximum Gasteiger partial charge on any atom is 0.317 e. The molecule has 1 aromatic heterocycles. The highest BCUT2D eigenvalue weighted by Gasteiger charge is 2.23. The Kier molecular flexibility index (Phi) is 7.52. The van der Waals surface area contributed by atoms with Crippen LogP contribution in [0.4, 0.5) is 4.79 Å². The van der Waals surface area contributed by atoms with Crippen molar-refractivity contribution < 1.29 is 9.90 Å². The summed E-state index contributed by atoms with van der Waals surface area (Å²) in [6, 6.07) is 4.62. The van der Waals surface area contributed by atoms with Crippen molar-refractivity contribution in [2.24, 2.45) is 5.92 Å². The summed E-state index contributed by atoms with van der Waals surface area (Å²) < 4.78 is 0. The lowest BCUT2D eigenvalue weighted by Gasteiger charge is -2.35.